The SMILES string of the molecule is C.CCC(CC)CCc1ccc(N)cc1. The molecule has 0 spiro atoms. The van der Waals surface area contributed by atoms with Crippen LogP contribution in [0.4, 0.5) is 5.69 Å². The number of hydrogen-bond acceptors (Lipinski definition) is 1. The van der Waals surface area contributed by atoms with Gasteiger partial charge in [0.1, 0.15) is 0 Å². The van der Waals surface area contributed by atoms with Gasteiger partial charge in [0.15, 0.2) is 0 Å². The summed E-state index contributed by atoms with van der Waals surface area (Å²) < 4.78 is 0. The molecule has 0 heterocycles. The number of benzene rings is 1. The molecule has 1 heteroatoms. The van der Waals surface area contributed by atoms with E-state index in [-0.39, 0.29) is 7.43 Å². The minimum absolute atomic E-state index is 0. The van der Waals surface area contributed by atoms with Crippen molar-refractivity contribution in [3.8, 4) is 0 Å². The molecule has 0 aliphatic heterocycles. The quantitative estimate of drug-likeness (QED) is 0.717. The zero-order chi connectivity index (χ0) is 10.4. The molecule has 2 N–H and O–H groups in total. The highest BCUT2D eigenvalue weighted by Gasteiger charge is 2.03. The Bertz CT molecular complexity index is 247. The van der Waals surface area contributed by atoms with E-state index >= 15 is 0 Å². The van der Waals surface area contributed by atoms with E-state index in [1.165, 1.54) is 31.2 Å². The van der Waals surface area contributed by atoms with Crippen LogP contribution < -0.4 is 5.73 Å². The first kappa shape index (κ1) is 14.0. The molecule has 0 fully saturated rings. The van der Waals surface area contributed by atoms with Crippen LogP contribution in [0.5, 0.6) is 0 Å². The van der Waals surface area contributed by atoms with Crippen molar-refractivity contribution in [2.75, 3.05) is 5.73 Å². The van der Waals surface area contributed by atoms with E-state index in [0.29, 0.717) is 0 Å². The maximum Gasteiger partial charge on any atom is 0.0314 e. The third kappa shape index (κ3) is 4.87. The Morgan fingerprint density at radius 3 is 2.07 bits per heavy atom. The fraction of sp³-hybridized carbons (Fsp3) is 0.571. The molecule has 0 saturated heterocycles. The molecular formula is C14H25N. The molecule has 1 nitrogen and oxygen atoms in total. The maximum absolute atomic E-state index is 5.63. The largest absolute Gasteiger partial charge is 0.399 e. The molecule has 0 aliphatic carbocycles. The molecule has 0 radical (unpaired) electrons. The minimum atomic E-state index is 0. The van der Waals surface area contributed by atoms with Gasteiger partial charge >= 0.3 is 0 Å². The van der Waals surface area contributed by atoms with E-state index < -0.39 is 0 Å². The lowest BCUT2D eigenvalue weighted by molar-refractivity contribution is 0.456. The lowest BCUT2D eigenvalue weighted by Gasteiger charge is -2.11. The molecule has 0 unspecified atom stereocenters. The molecule has 0 bridgehead atoms. The lowest BCUT2D eigenvalue weighted by atomic mass is 9.95. The van der Waals surface area contributed by atoms with Crippen LogP contribution in [-0.2, 0) is 6.42 Å². The Morgan fingerprint density at radius 2 is 1.60 bits per heavy atom. The zero-order valence-electron chi connectivity index (χ0n) is 9.29. The summed E-state index contributed by atoms with van der Waals surface area (Å²) in [6.07, 6.45) is 5.08. The van der Waals surface area contributed by atoms with Crippen molar-refractivity contribution in [2.24, 2.45) is 5.92 Å². The van der Waals surface area contributed by atoms with E-state index in [0.717, 1.165) is 11.6 Å². The van der Waals surface area contributed by atoms with Gasteiger partial charge in [0.25, 0.3) is 0 Å². The average molecular weight is 207 g/mol. The summed E-state index contributed by atoms with van der Waals surface area (Å²) in [7, 11) is 0. The van der Waals surface area contributed by atoms with Crippen LogP contribution in [0.1, 0.15) is 46.1 Å². The lowest BCUT2D eigenvalue weighted by Crippen LogP contribution is -1.99. The number of nitrogen functional groups attached to an aromatic ring is 1. The molecule has 0 amide bonds. The molecule has 0 aromatic heterocycles. The van der Waals surface area contributed by atoms with Crippen molar-refractivity contribution < 1.29 is 0 Å². The van der Waals surface area contributed by atoms with Gasteiger partial charge in [-0.15, -0.1) is 0 Å². The van der Waals surface area contributed by atoms with E-state index in [2.05, 4.69) is 26.0 Å². The Balaban J connectivity index is 0.00000196. The fourth-order valence-corrected chi connectivity index (χ4v) is 1.75. The number of anilines is 1. The molecule has 0 saturated carbocycles. The van der Waals surface area contributed by atoms with Gasteiger partial charge in [0.2, 0.25) is 0 Å². The Morgan fingerprint density at radius 1 is 1.07 bits per heavy atom. The molecule has 0 aliphatic rings. The van der Waals surface area contributed by atoms with E-state index in [4.69, 9.17) is 5.73 Å². The van der Waals surface area contributed by atoms with Gasteiger partial charge in [-0.25, -0.2) is 0 Å². The number of hydrogen-bond donors (Lipinski definition) is 1. The molecular weight excluding hydrogens is 182 g/mol. The predicted octanol–water partition coefficient (Wildman–Crippen LogP) is 4.27. The van der Waals surface area contributed by atoms with Crippen molar-refractivity contribution in [2.45, 2.75) is 47.0 Å². The van der Waals surface area contributed by atoms with Crippen molar-refractivity contribution in [3.63, 3.8) is 0 Å². The van der Waals surface area contributed by atoms with Crippen molar-refractivity contribution in [1.29, 1.82) is 0 Å². The number of aryl methyl sites for hydroxylation is 1. The third-order valence-corrected chi connectivity index (χ3v) is 2.98. The second-order valence-electron chi connectivity index (χ2n) is 3.96. The first-order chi connectivity index (χ1) is 6.76. The summed E-state index contributed by atoms with van der Waals surface area (Å²) in [5.74, 6) is 0.882. The molecule has 15 heavy (non-hydrogen) atoms. The maximum atomic E-state index is 5.63. The predicted molar refractivity (Wildman–Crippen MR) is 70.0 cm³/mol. The first-order valence-corrected chi connectivity index (χ1v) is 5.60. The Labute approximate surface area is 94.7 Å². The first-order valence-electron chi connectivity index (χ1n) is 5.60. The van der Waals surface area contributed by atoms with Crippen LogP contribution in [0.15, 0.2) is 24.3 Å². The summed E-state index contributed by atoms with van der Waals surface area (Å²) in [6, 6.07) is 8.25. The highest BCUT2D eigenvalue weighted by atomic mass is 14.5. The third-order valence-electron chi connectivity index (χ3n) is 2.98. The van der Waals surface area contributed by atoms with E-state index in [1.807, 2.05) is 12.1 Å². The van der Waals surface area contributed by atoms with Crippen LogP contribution in [0.25, 0.3) is 0 Å². The smallest absolute Gasteiger partial charge is 0.0314 e. The molecule has 1 rings (SSSR count). The Kier molecular flexibility index (Phi) is 6.85. The van der Waals surface area contributed by atoms with Gasteiger partial charge in [-0.05, 0) is 36.5 Å². The van der Waals surface area contributed by atoms with Crippen LogP contribution in [0, 0.1) is 5.92 Å². The summed E-state index contributed by atoms with van der Waals surface area (Å²) in [5.41, 5.74) is 7.90. The molecule has 1 aromatic carbocycles. The van der Waals surface area contributed by atoms with Crippen molar-refractivity contribution in [3.05, 3.63) is 29.8 Å². The van der Waals surface area contributed by atoms with E-state index in [1.54, 1.807) is 0 Å². The number of nitrogens with two attached hydrogens (primary N) is 1. The highest BCUT2D eigenvalue weighted by Crippen LogP contribution is 2.16. The summed E-state index contributed by atoms with van der Waals surface area (Å²) in [6.45, 7) is 4.55. The van der Waals surface area contributed by atoms with Crippen LogP contribution in [0.3, 0.4) is 0 Å². The van der Waals surface area contributed by atoms with Gasteiger partial charge in [-0.1, -0.05) is 46.2 Å². The molecule has 1 aromatic rings. The Hall–Kier alpha value is -0.980. The highest BCUT2D eigenvalue weighted by molar-refractivity contribution is 5.39. The van der Waals surface area contributed by atoms with Crippen molar-refractivity contribution in [1.82, 2.24) is 0 Å². The van der Waals surface area contributed by atoms with Crippen LogP contribution >= 0.6 is 0 Å². The number of rotatable bonds is 5. The topological polar surface area (TPSA) is 26.0 Å². The zero-order valence-corrected chi connectivity index (χ0v) is 9.29. The fourth-order valence-electron chi connectivity index (χ4n) is 1.75. The average Bonchev–Trinajstić information content (AvgIpc) is 2.22. The second kappa shape index (κ2) is 7.33. The van der Waals surface area contributed by atoms with Gasteiger partial charge in [0, 0.05) is 5.69 Å². The van der Waals surface area contributed by atoms with Gasteiger partial charge in [0.05, 0.1) is 0 Å². The van der Waals surface area contributed by atoms with E-state index in [9.17, 15) is 0 Å². The molecule has 86 valence electrons. The van der Waals surface area contributed by atoms with Crippen molar-refractivity contribution >= 4 is 5.69 Å². The minimum Gasteiger partial charge on any atom is -0.399 e. The standard InChI is InChI=1S/C13H21N.CH4/c1-3-11(4-2)5-6-12-7-9-13(14)10-8-12;/h7-11H,3-6,14H2,1-2H3;1H4. The van der Waals surface area contributed by atoms with Gasteiger partial charge in [-0.3, -0.25) is 0 Å². The molecule has 0 atom stereocenters. The van der Waals surface area contributed by atoms with Gasteiger partial charge < -0.3 is 5.73 Å². The summed E-state index contributed by atoms with van der Waals surface area (Å²) >= 11 is 0. The summed E-state index contributed by atoms with van der Waals surface area (Å²) in [4.78, 5) is 0. The summed E-state index contributed by atoms with van der Waals surface area (Å²) in [5, 5.41) is 0. The van der Waals surface area contributed by atoms with Gasteiger partial charge in [-0.2, -0.15) is 0 Å². The van der Waals surface area contributed by atoms with Crippen LogP contribution in [0.2, 0.25) is 0 Å². The second-order valence-corrected chi connectivity index (χ2v) is 3.96. The normalized spacial score (nSPS) is 10.1. The monoisotopic (exact) mass is 207 g/mol. The van der Waals surface area contributed by atoms with Crippen LogP contribution in [-0.4, -0.2) is 0 Å².